The monoisotopic (exact) mass is 285 g/mol. The molecule has 0 spiro atoms. The van der Waals surface area contributed by atoms with Crippen molar-refractivity contribution in [3.63, 3.8) is 0 Å². The third-order valence-corrected chi connectivity index (χ3v) is 3.29. The molecule has 0 atom stereocenters. The number of ether oxygens (including phenoxy) is 2. The van der Waals surface area contributed by atoms with Crippen molar-refractivity contribution in [2.75, 3.05) is 14.2 Å². The van der Waals surface area contributed by atoms with Crippen LogP contribution in [0.5, 0.6) is 17.2 Å². The number of methoxy groups -OCH3 is 2. The second-order valence-corrected chi connectivity index (χ2v) is 4.50. The maximum atomic E-state index is 9.82. The summed E-state index contributed by atoms with van der Waals surface area (Å²) in [4.78, 5) is 4.04. The second kappa shape index (κ2) is 6.79. The number of pyridine rings is 1. The smallest absolute Gasteiger partial charge is 0.203 e. The minimum Gasteiger partial charge on any atom is -0.504 e. The van der Waals surface area contributed by atoms with Gasteiger partial charge < -0.3 is 14.6 Å². The van der Waals surface area contributed by atoms with E-state index in [1.165, 1.54) is 7.11 Å². The van der Waals surface area contributed by atoms with Gasteiger partial charge in [0.15, 0.2) is 11.5 Å². The quantitative estimate of drug-likeness (QED) is 0.909. The molecule has 4 nitrogen and oxygen atoms in total. The first-order valence-electron chi connectivity index (χ1n) is 6.76. The highest BCUT2D eigenvalue weighted by atomic mass is 16.5. The minimum absolute atomic E-state index is 0.0634. The highest BCUT2D eigenvalue weighted by Crippen LogP contribution is 2.40. The molecule has 0 aliphatic carbocycles. The third kappa shape index (κ3) is 3.16. The number of aromatic nitrogens is 1. The Kier molecular flexibility index (Phi) is 4.82. The lowest BCUT2D eigenvalue weighted by Crippen LogP contribution is -1.94. The highest BCUT2D eigenvalue weighted by Gasteiger charge is 2.13. The fourth-order valence-corrected chi connectivity index (χ4v) is 2.23. The molecule has 0 aliphatic rings. The predicted molar refractivity (Wildman–Crippen MR) is 83.6 cm³/mol. The van der Waals surface area contributed by atoms with Gasteiger partial charge in [-0.15, -0.1) is 0 Å². The zero-order valence-electron chi connectivity index (χ0n) is 12.5. The molecule has 1 aromatic heterocycles. The third-order valence-electron chi connectivity index (χ3n) is 3.29. The van der Waals surface area contributed by atoms with Crippen molar-refractivity contribution >= 4 is 11.6 Å². The first-order chi connectivity index (χ1) is 10.2. The number of aromatic hydroxyl groups is 1. The maximum Gasteiger partial charge on any atom is 0.203 e. The van der Waals surface area contributed by atoms with Crippen molar-refractivity contribution < 1.29 is 14.6 Å². The molecule has 0 saturated carbocycles. The van der Waals surface area contributed by atoms with Crippen LogP contribution in [-0.2, 0) is 0 Å². The van der Waals surface area contributed by atoms with Crippen molar-refractivity contribution in [3.05, 3.63) is 47.8 Å². The number of benzene rings is 1. The van der Waals surface area contributed by atoms with Gasteiger partial charge in [-0.3, -0.25) is 4.98 Å². The summed E-state index contributed by atoms with van der Waals surface area (Å²) in [6.45, 7) is 2.09. The molecule has 21 heavy (non-hydrogen) atoms. The fraction of sp³-hybridized carbons (Fsp3) is 0.235. The standard InChI is InChI=1S/C17H19NO3/c1-4-12(13-7-9-18-10-8-13)11-14-5-6-15(19)17(21-3)16(14)20-2/h5-11,19H,4H2,1-3H3/b12-11+. The lowest BCUT2D eigenvalue weighted by molar-refractivity contribution is 0.332. The van der Waals surface area contributed by atoms with E-state index in [-0.39, 0.29) is 5.75 Å². The van der Waals surface area contributed by atoms with Crippen LogP contribution in [0.3, 0.4) is 0 Å². The van der Waals surface area contributed by atoms with Gasteiger partial charge in [0.25, 0.3) is 0 Å². The largest absolute Gasteiger partial charge is 0.504 e. The number of hydrogen-bond acceptors (Lipinski definition) is 4. The Bertz CT molecular complexity index is 636. The van der Waals surface area contributed by atoms with Crippen LogP contribution in [0, 0.1) is 0 Å². The summed E-state index contributed by atoms with van der Waals surface area (Å²) in [6, 6.07) is 7.36. The number of rotatable bonds is 5. The van der Waals surface area contributed by atoms with Crippen LogP contribution in [0.25, 0.3) is 11.6 Å². The molecule has 1 N–H and O–H groups in total. The summed E-state index contributed by atoms with van der Waals surface area (Å²) in [5, 5.41) is 9.82. The van der Waals surface area contributed by atoms with Crippen molar-refractivity contribution in [2.45, 2.75) is 13.3 Å². The van der Waals surface area contributed by atoms with Gasteiger partial charge in [-0.25, -0.2) is 0 Å². The van der Waals surface area contributed by atoms with Gasteiger partial charge in [0.2, 0.25) is 5.75 Å². The van der Waals surface area contributed by atoms with E-state index in [0.717, 1.165) is 23.1 Å². The summed E-state index contributed by atoms with van der Waals surface area (Å²) < 4.78 is 10.6. The number of phenols is 1. The van der Waals surface area contributed by atoms with Crippen LogP contribution in [-0.4, -0.2) is 24.3 Å². The lowest BCUT2D eigenvalue weighted by Gasteiger charge is -2.13. The second-order valence-electron chi connectivity index (χ2n) is 4.50. The van der Waals surface area contributed by atoms with E-state index >= 15 is 0 Å². The summed E-state index contributed by atoms with van der Waals surface area (Å²) in [7, 11) is 3.07. The number of phenolic OH excluding ortho intramolecular Hbond substituents is 1. The topological polar surface area (TPSA) is 51.6 Å². The Balaban J connectivity index is 2.53. The van der Waals surface area contributed by atoms with Crippen LogP contribution >= 0.6 is 0 Å². The molecule has 0 aliphatic heterocycles. The summed E-state index contributed by atoms with van der Waals surface area (Å²) in [5.41, 5.74) is 3.13. The van der Waals surface area contributed by atoms with Crippen molar-refractivity contribution in [1.29, 1.82) is 0 Å². The highest BCUT2D eigenvalue weighted by molar-refractivity contribution is 5.84. The Morgan fingerprint density at radius 3 is 2.33 bits per heavy atom. The Hall–Kier alpha value is -2.49. The number of nitrogens with zero attached hydrogens (tertiary/aromatic N) is 1. The first-order valence-corrected chi connectivity index (χ1v) is 6.76. The van der Waals surface area contributed by atoms with Gasteiger partial charge in [0, 0.05) is 18.0 Å². The molecule has 1 heterocycles. The lowest BCUT2D eigenvalue weighted by atomic mass is 10.0. The van der Waals surface area contributed by atoms with E-state index in [9.17, 15) is 5.11 Å². The first kappa shape index (κ1) is 14.9. The Morgan fingerprint density at radius 2 is 1.76 bits per heavy atom. The fourth-order valence-electron chi connectivity index (χ4n) is 2.23. The SMILES string of the molecule is CC/C(=C\c1ccc(O)c(OC)c1OC)c1ccncc1. The molecule has 4 heteroatoms. The van der Waals surface area contributed by atoms with Gasteiger partial charge in [-0.2, -0.15) is 0 Å². The molecule has 110 valence electrons. The normalized spacial score (nSPS) is 11.3. The van der Waals surface area contributed by atoms with Crippen LogP contribution < -0.4 is 9.47 Å². The average Bonchev–Trinajstić information content (AvgIpc) is 2.54. The molecule has 1 aromatic carbocycles. The maximum absolute atomic E-state index is 9.82. The minimum atomic E-state index is 0.0634. The molecule has 0 bridgehead atoms. The molecule has 0 fully saturated rings. The number of allylic oxidation sites excluding steroid dienone is 1. The van der Waals surface area contributed by atoms with E-state index in [1.54, 1.807) is 25.6 Å². The Labute approximate surface area is 124 Å². The summed E-state index contributed by atoms with van der Waals surface area (Å²) >= 11 is 0. The zero-order valence-corrected chi connectivity index (χ0v) is 12.5. The van der Waals surface area contributed by atoms with Gasteiger partial charge in [0.1, 0.15) is 0 Å². The van der Waals surface area contributed by atoms with Gasteiger partial charge in [0.05, 0.1) is 14.2 Å². The van der Waals surface area contributed by atoms with Gasteiger partial charge in [-0.05, 0) is 47.9 Å². The van der Waals surface area contributed by atoms with Crippen molar-refractivity contribution in [2.24, 2.45) is 0 Å². The molecule has 0 radical (unpaired) electrons. The zero-order chi connectivity index (χ0) is 15.2. The molecule has 0 unspecified atom stereocenters. The summed E-state index contributed by atoms with van der Waals surface area (Å²) in [5.74, 6) is 0.933. The van der Waals surface area contributed by atoms with Crippen LogP contribution in [0.2, 0.25) is 0 Å². The van der Waals surface area contributed by atoms with E-state index in [4.69, 9.17) is 9.47 Å². The molecule has 2 rings (SSSR count). The van der Waals surface area contributed by atoms with E-state index in [1.807, 2.05) is 24.3 Å². The van der Waals surface area contributed by atoms with Crippen LogP contribution in [0.15, 0.2) is 36.7 Å². The van der Waals surface area contributed by atoms with Crippen molar-refractivity contribution in [3.8, 4) is 17.2 Å². The van der Waals surface area contributed by atoms with E-state index in [2.05, 4.69) is 11.9 Å². The molecule has 0 amide bonds. The molecule has 0 saturated heterocycles. The van der Waals surface area contributed by atoms with Gasteiger partial charge >= 0.3 is 0 Å². The summed E-state index contributed by atoms with van der Waals surface area (Å²) in [6.07, 6.45) is 6.45. The van der Waals surface area contributed by atoms with E-state index in [0.29, 0.717) is 11.5 Å². The molecular formula is C17H19NO3. The van der Waals surface area contributed by atoms with Crippen LogP contribution in [0.4, 0.5) is 0 Å². The van der Waals surface area contributed by atoms with Crippen LogP contribution in [0.1, 0.15) is 24.5 Å². The van der Waals surface area contributed by atoms with Crippen molar-refractivity contribution in [1.82, 2.24) is 4.98 Å². The van der Waals surface area contributed by atoms with Gasteiger partial charge in [-0.1, -0.05) is 6.92 Å². The Morgan fingerprint density at radius 1 is 1.10 bits per heavy atom. The molecule has 2 aromatic rings. The predicted octanol–water partition coefficient (Wildman–Crippen LogP) is 3.76. The number of hydrogen-bond donors (Lipinski definition) is 1. The molecular weight excluding hydrogens is 266 g/mol. The van der Waals surface area contributed by atoms with E-state index < -0.39 is 0 Å². The average molecular weight is 285 g/mol.